The number of carbonyl (C=O) groups is 2. The molecule has 0 spiro atoms. The summed E-state index contributed by atoms with van der Waals surface area (Å²) < 4.78 is 5.62. The Kier molecular flexibility index (Phi) is 8.94. The lowest BCUT2D eigenvalue weighted by atomic mass is 10.1. The zero-order chi connectivity index (χ0) is 18.8. The Labute approximate surface area is 149 Å². The molecule has 7 nitrogen and oxygen atoms in total. The smallest absolute Gasteiger partial charge is 0.239 e. The molecule has 0 saturated heterocycles. The zero-order valence-electron chi connectivity index (χ0n) is 15.5. The van der Waals surface area contributed by atoms with Crippen molar-refractivity contribution in [3.8, 4) is 5.75 Å². The third kappa shape index (κ3) is 8.51. The molecule has 0 radical (unpaired) electrons. The number of likely N-dealkylation sites (N-methyl/N-ethyl adjacent to an activating group) is 1. The molecule has 25 heavy (non-hydrogen) atoms. The number of nitrogens with two attached hydrogens (primary N) is 1. The van der Waals surface area contributed by atoms with E-state index in [9.17, 15) is 9.59 Å². The normalized spacial score (nSPS) is 12.1. The molecule has 1 aromatic carbocycles. The van der Waals surface area contributed by atoms with Gasteiger partial charge in [0.2, 0.25) is 11.8 Å². The highest BCUT2D eigenvalue weighted by Gasteiger charge is 2.17. The summed E-state index contributed by atoms with van der Waals surface area (Å²) in [6.45, 7) is 5.51. The van der Waals surface area contributed by atoms with Gasteiger partial charge in [-0.25, -0.2) is 0 Å². The van der Waals surface area contributed by atoms with Crippen LogP contribution in [0.1, 0.15) is 19.4 Å². The van der Waals surface area contributed by atoms with Crippen molar-refractivity contribution in [2.75, 3.05) is 33.8 Å². The van der Waals surface area contributed by atoms with Gasteiger partial charge in [-0.3, -0.25) is 9.59 Å². The van der Waals surface area contributed by atoms with Crippen LogP contribution in [-0.4, -0.2) is 56.5 Å². The molecule has 0 fully saturated rings. The Hall–Kier alpha value is -2.12. The van der Waals surface area contributed by atoms with Crippen LogP contribution < -0.4 is 21.1 Å². The molecule has 1 aromatic rings. The van der Waals surface area contributed by atoms with Crippen molar-refractivity contribution in [3.05, 3.63) is 29.8 Å². The highest BCUT2D eigenvalue weighted by Crippen LogP contribution is 2.12. The van der Waals surface area contributed by atoms with Crippen LogP contribution in [0.5, 0.6) is 5.75 Å². The first kappa shape index (κ1) is 20.9. The standard InChI is InChI=1S/C18H30N4O3/c1-13(2)17(19)18(24)21-12-16(23)20-11-14-5-7-15(8-6-14)25-10-9-22(3)4/h5-8,13,17H,9-12,19H2,1-4H3,(H,20,23)(H,21,24)/t17-/m0/s1. The summed E-state index contributed by atoms with van der Waals surface area (Å²) in [5.41, 5.74) is 6.68. The molecule has 0 heterocycles. The van der Waals surface area contributed by atoms with E-state index < -0.39 is 6.04 Å². The lowest BCUT2D eigenvalue weighted by Crippen LogP contribution is -2.47. The predicted octanol–water partition coefficient (Wildman–Crippen LogP) is 0.343. The van der Waals surface area contributed by atoms with Gasteiger partial charge in [0.1, 0.15) is 12.4 Å². The van der Waals surface area contributed by atoms with E-state index in [2.05, 4.69) is 15.5 Å². The SMILES string of the molecule is CC(C)[C@H](N)C(=O)NCC(=O)NCc1ccc(OCCN(C)C)cc1. The second-order valence-corrected chi connectivity index (χ2v) is 6.56. The van der Waals surface area contributed by atoms with Crippen LogP contribution >= 0.6 is 0 Å². The molecule has 7 heteroatoms. The van der Waals surface area contributed by atoms with Gasteiger partial charge in [0, 0.05) is 13.1 Å². The summed E-state index contributed by atoms with van der Waals surface area (Å²) in [4.78, 5) is 25.5. The largest absolute Gasteiger partial charge is 0.492 e. The minimum atomic E-state index is -0.604. The molecular formula is C18H30N4O3. The van der Waals surface area contributed by atoms with Crippen LogP contribution in [0.15, 0.2) is 24.3 Å². The quantitative estimate of drug-likeness (QED) is 0.565. The van der Waals surface area contributed by atoms with Gasteiger partial charge in [0.25, 0.3) is 0 Å². The van der Waals surface area contributed by atoms with Gasteiger partial charge in [0.05, 0.1) is 12.6 Å². The number of nitrogens with one attached hydrogen (secondary N) is 2. The summed E-state index contributed by atoms with van der Waals surface area (Å²) in [6.07, 6.45) is 0. The summed E-state index contributed by atoms with van der Waals surface area (Å²) in [7, 11) is 3.99. The first-order chi connectivity index (χ1) is 11.8. The van der Waals surface area contributed by atoms with Gasteiger partial charge in [0.15, 0.2) is 0 Å². The molecule has 140 valence electrons. The van der Waals surface area contributed by atoms with Crippen molar-refractivity contribution in [1.82, 2.24) is 15.5 Å². The number of ether oxygens (including phenoxy) is 1. The fourth-order valence-electron chi connectivity index (χ4n) is 1.90. The Morgan fingerprint density at radius 2 is 1.80 bits per heavy atom. The number of carbonyl (C=O) groups excluding carboxylic acids is 2. The molecule has 0 aliphatic heterocycles. The third-order valence-electron chi connectivity index (χ3n) is 3.66. The van der Waals surface area contributed by atoms with E-state index in [-0.39, 0.29) is 24.3 Å². The van der Waals surface area contributed by atoms with Crippen molar-refractivity contribution < 1.29 is 14.3 Å². The van der Waals surface area contributed by atoms with Gasteiger partial charge in [-0.15, -0.1) is 0 Å². The number of hydrogen-bond acceptors (Lipinski definition) is 5. The summed E-state index contributed by atoms with van der Waals surface area (Å²) in [5, 5.41) is 5.30. The molecule has 1 atom stereocenters. The van der Waals surface area contributed by atoms with Gasteiger partial charge in [-0.05, 0) is 37.7 Å². The second-order valence-electron chi connectivity index (χ2n) is 6.56. The van der Waals surface area contributed by atoms with Crippen LogP contribution in [0, 0.1) is 5.92 Å². The Balaban J connectivity index is 2.30. The highest BCUT2D eigenvalue weighted by atomic mass is 16.5. The third-order valence-corrected chi connectivity index (χ3v) is 3.66. The van der Waals surface area contributed by atoms with Gasteiger partial charge >= 0.3 is 0 Å². The molecule has 0 aliphatic carbocycles. The molecule has 0 bridgehead atoms. The number of hydrogen-bond donors (Lipinski definition) is 3. The lowest BCUT2D eigenvalue weighted by molar-refractivity contribution is -0.127. The molecule has 0 saturated carbocycles. The number of nitrogens with zero attached hydrogens (tertiary/aromatic N) is 1. The first-order valence-corrected chi connectivity index (χ1v) is 8.46. The van der Waals surface area contributed by atoms with Gasteiger partial charge < -0.3 is 26.0 Å². The highest BCUT2D eigenvalue weighted by molar-refractivity contribution is 5.87. The molecular weight excluding hydrogens is 320 g/mol. The van der Waals surface area contributed by atoms with Crippen molar-refractivity contribution in [3.63, 3.8) is 0 Å². The van der Waals surface area contributed by atoms with Crippen molar-refractivity contribution in [1.29, 1.82) is 0 Å². The molecule has 2 amide bonds. The van der Waals surface area contributed by atoms with E-state index in [0.717, 1.165) is 17.9 Å². The number of benzene rings is 1. The topological polar surface area (TPSA) is 96.7 Å². The number of rotatable bonds is 10. The van der Waals surface area contributed by atoms with Crippen LogP contribution in [0.3, 0.4) is 0 Å². The maximum Gasteiger partial charge on any atom is 0.239 e. The minimum Gasteiger partial charge on any atom is -0.492 e. The van der Waals surface area contributed by atoms with Crippen molar-refractivity contribution in [2.24, 2.45) is 11.7 Å². The fourth-order valence-corrected chi connectivity index (χ4v) is 1.90. The average Bonchev–Trinajstić information content (AvgIpc) is 2.57. The van der Waals surface area contributed by atoms with E-state index in [1.807, 2.05) is 52.2 Å². The van der Waals surface area contributed by atoms with E-state index >= 15 is 0 Å². The van der Waals surface area contributed by atoms with Gasteiger partial charge in [-0.1, -0.05) is 26.0 Å². The lowest BCUT2D eigenvalue weighted by Gasteiger charge is -2.15. The second kappa shape index (κ2) is 10.7. The molecule has 0 aromatic heterocycles. The zero-order valence-corrected chi connectivity index (χ0v) is 15.5. The van der Waals surface area contributed by atoms with Crippen molar-refractivity contribution >= 4 is 11.8 Å². The molecule has 4 N–H and O–H groups in total. The average molecular weight is 350 g/mol. The Morgan fingerprint density at radius 1 is 1.16 bits per heavy atom. The van der Waals surface area contributed by atoms with Crippen LogP contribution in [0.25, 0.3) is 0 Å². The first-order valence-electron chi connectivity index (χ1n) is 8.46. The predicted molar refractivity (Wildman–Crippen MR) is 98.2 cm³/mol. The fraction of sp³-hybridized carbons (Fsp3) is 0.556. The maximum absolute atomic E-state index is 11.8. The van der Waals surface area contributed by atoms with Crippen LogP contribution in [0.4, 0.5) is 0 Å². The van der Waals surface area contributed by atoms with Gasteiger partial charge in [-0.2, -0.15) is 0 Å². The van der Waals surface area contributed by atoms with Crippen LogP contribution in [-0.2, 0) is 16.1 Å². The summed E-state index contributed by atoms with van der Waals surface area (Å²) >= 11 is 0. The molecule has 1 rings (SSSR count). The van der Waals surface area contributed by atoms with Crippen molar-refractivity contribution in [2.45, 2.75) is 26.4 Å². The molecule has 0 aliphatic rings. The van der Waals surface area contributed by atoms with Crippen LogP contribution in [0.2, 0.25) is 0 Å². The minimum absolute atomic E-state index is 0.0292. The number of amides is 2. The Bertz CT molecular complexity index is 544. The summed E-state index contributed by atoms with van der Waals surface area (Å²) in [6, 6.07) is 6.95. The van der Waals surface area contributed by atoms with E-state index in [0.29, 0.717) is 13.2 Å². The summed E-state index contributed by atoms with van der Waals surface area (Å²) in [5.74, 6) is 0.258. The van der Waals surface area contributed by atoms with E-state index in [1.165, 1.54) is 0 Å². The monoisotopic (exact) mass is 350 g/mol. The van der Waals surface area contributed by atoms with E-state index in [4.69, 9.17) is 10.5 Å². The van der Waals surface area contributed by atoms with E-state index in [1.54, 1.807) is 0 Å². The maximum atomic E-state index is 11.8. The Morgan fingerprint density at radius 3 is 2.36 bits per heavy atom. The molecule has 0 unspecified atom stereocenters.